The number of fused-ring (bicyclic) bond motifs is 1. The maximum atomic E-state index is 13.0. The average molecular weight is 513 g/mol. The number of benzene rings is 3. The maximum Gasteiger partial charge on any atom is 0.338 e. The molecule has 182 valence electrons. The van der Waals surface area contributed by atoms with Crippen molar-refractivity contribution in [1.29, 1.82) is 0 Å². The van der Waals surface area contributed by atoms with Crippen molar-refractivity contribution in [1.82, 2.24) is 4.72 Å². The zero-order valence-corrected chi connectivity index (χ0v) is 20.7. The standard InChI is InChI=1S/C26H25ClN2O5S/c1-18(25(30)29-15-7-11-20-10-5-6-12-23(20)29)34-26(31)21-13-14-22(27)24(16-21)35(32,33)28-17-19-8-3-2-4-9-19/h2-6,8-10,12-14,16,18,28H,7,11,15,17H2,1H3/t18-/m1/s1. The molecule has 0 saturated heterocycles. The van der Waals surface area contributed by atoms with Gasteiger partial charge in [-0.3, -0.25) is 4.79 Å². The van der Waals surface area contributed by atoms with Crippen LogP contribution < -0.4 is 9.62 Å². The molecule has 9 heteroatoms. The number of anilines is 1. The zero-order chi connectivity index (χ0) is 25.0. The lowest BCUT2D eigenvalue weighted by Crippen LogP contribution is -2.42. The topological polar surface area (TPSA) is 92.8 Å². The summed E-state index contributed by atoms with van der Waals surface area (Å²) in [6.07, 6.45) is 0.646. The van der Waals surface area contributed by atoms with E-state index in [0.29, 0.717) is 6.54 Å². The summed E-state index contributed by atoms with van der Waals surface area (Å²) < 4.78 is 33.6. The van der Waals surface area contributed by atoms with E-state index in [0.717, 1.165) is 35.7 Å². The van der Waals surface area contributed by atoms with Gasteiger partial charge in [0.1, 0.15) is 4.90 Å². The van der Waals surface area contributed by atoms with Crippen molar-refractivity contribution in [3.05, 3.63) is 94.5 Å². The quantitative estimate of drug-likeness (QED) is 0.475. The third-order valence-corrected chi connectivity index (χ3v) is 7.66. The SMILES string of the molecule is C[C@@H](OC(=O)c1ccc(Cl)c(S(=O)(=O)NCc2ccccc2)c1)C(=O)N1CCCc2ccccc21. The highest BCUT2D eigenvalue weighted by atomic mass is 35.5. The number of nitrogens with one attached hydrogen (secondary N) is 1. The maximum absolute atomic E-state index is 13.0. The second-order valence-electron chi connectivity index (χ2n) is 8.23. The van der Waals surface area contributed by atoms with Crippen LogP contribution >= 0.6 is 11.6 Å². The Kier molecular flexibility index (Phi) is 7.54. The van der Waals surface area contributed by atoms with Gasteiger partial charge in [-0.2, -0.15) is 0 Å². The third-order valence-electron chi connectivity index (χ3n) is 5.77. The molecule has 7 nitrogen and oxygen atoms in total. The number of hydrogen-bond acceptors (Lipinski definition) is 5. The predicted octanol–water partition coefficient (Wildman–Crippen LogP) is 4.34. The molecular weight excluding hydrogens is 488 g/mol. The fourth-order valence-corrected chi connectivity index (χ4v) is 5.49. The first-order valence-electron chi connectivity index (χ1n) is 11.2. The number of sulfonamides is 1. The molecule has 0 bridgehead atoms. The Morgan fingerprint density at radius 2 is 1.77 bits per heavy atom. The van der Waals surface area contributed by atoms with Crippen molar-refractivity contribution in [3.63, 3.8) is 0 Å². The largest absolute Gasteiger partial charge is 0.449 e. The number of para-hydroxylation sites is 1. The number of amides is 1. The molecule has 0 unspecified atom stereocenters. The molecule has 1 heterocycles. The van der Waals surface area contributed by atoms with Gasteiger partial charge in [0.25, 0.3) is 5.91 Å². The molecule has 3 aromatic carbocycles. The van der Waals surface area contributed by atoms with Crippen molar-refractivity contribution in [2.45, 2.75) is 37.3 Å². The molecule has 0 saturated carbocycles. The molecule has 1 amide bonds. The lowest BCUT2D eigenvalue weighted by Gasteiger charge is -2.31. The van der Waals surface area contributed by atoms with Crippen LogP contribution in [0.15, 0.2) is 77.7 Å². The van der Waals surface area contributed by atoms with Gasteiger partial charge in [-0.1, -0.05) is 60.1 Å². The van der Waals surface area contributed by atoms with Crippen LogP contribution in [0.3, 0.4) is 0 Å². The van der Waals surface area contributed by atoms with E-state index in [1.165, 1.54) is 19.1 Å². The van der Waals surface area contributed by atoms with E-state index < -0.39 is 22.1 Å². The van der Waals surface area contributed by atoms with Crippen molar-refractivity contribution in [2.24, 2.45) is 0 Å². The summed E-state index contributed by atoms with van der Waals surface area (Å²) in [6.45, 7) is 2.11. The van der Waals surface area contributed by atoms with E-state index in [1.807, 2.05) is 30.3 Å². The number of halogens is 1. The molecule has 35 heavy (non-hydrogen) atoms. The first-order valence-corrected chi connectivity index (χ1v) is 13.1. The van der Waals surface area contributed by atoms with E-state index in [-0.39, 0.29) is 27.9 Å². The molecule has 1 atom stereocenters. The predicted molar refractivity (Wildman–Crippen MR) is 134 cm³/mol. The summed E-state index contributed by atoms with van der Waals surface area (Å²) in [7, 11) is -4.01. The number of carbonyl (C=O) groups excluding carboxylic acids is 2. The zero-order valence-electron chi connectivity index (χ0n) is 19.1. The monoisotopic (exact) mass is 512 g/mol. The highest BCUT2D eigenvalue weighted by molar-refractivity contribution is 7.89. The Bertz CT molecular complexity index is 1340. The smallest absolute Gasteiger partial charge is 0.338 e. The summed E-state index contributed by atoms with van der Waals surface area (Å²) in [5.74, 6) is -1.15. The van der Waals surface area contributed by atoms with Crippen LogP contribution in [0.25, 0.3) is 0 Å². The van der Waals surface area contributed by atoms with Gasteiger partial charge in [-0.05, 0) is 55.2 Å². The second-order valence-corrected chi connectivity index (χ2v) is 10.4. The van der Waals surface area contributed by atoms with Gasteiger partial charge in [0.05, 0.1) is 10.6 Å². The highest BCUT2D eigenvalue weighted by Gasteiger charge is 2.29. The number of aryl methyl sites for hydroxylation is 1. The molecule has 0 fully saturated rings. The molecule has 0 radical (unpaired) electrons. The average Bonchev–Trinajstić information content (AvgIpc) is 2.87. The Balaban J connectivity index is 1.47. The van der Waals surface area contributed by atoms with Crippen molar-refractivity contribution in [3.8, 4) is 0 Å². The molecule has 4 rings (SSSR count). The van der Waals surface area contributed by atoms with Crippen LogP contribution in [0.1, 0.15) is 34.8 Å². The van der Waals surface area contributed by atoms with Gasteiger partial charge in [0.15, 0.2) is 6.10 Å². The lowest BCUT2D eigenvalue weighted by atomic mass is 10.0. The van der Waals surface area contributed by atoms with E-state index in [4.69, 9.17) is 16.3 Å². The fourth-order valence-electron chi connectivity index (χ4n) is 3.95. The number of esters is 1. The van der Waals surface area contributed by atoms with Gasteiger partial charge in [0.2, 0.25) is 10.0 Å². The normalized spacial score (nSPS) is 14.2. The first kappa shape index (κ1) is 24.9. The minimum atomic E-state index is -4.01. The molecule has 3 aromatic rings. The number of hydrogen-bond donors (Lipinski definition) is 1. The molecule has 1 aliphatic rings. The summed E-state index contributed by atoms with van der Waals surface area (Å²) >= 11 is 6.14. The molecular formula is C26H25ClN2O5S. The van der Waals surface area contributed by atoms with Crippen LogP contribution in [-0.4, -0.2) is 32.9 Å². The summed E-state index contributed by atoms with van der Waals surface area (Å²) in [5.41, 5.74) is 2.64. The van der Waals surface area contributed by atoms with Crippen LogP contribution in [-0.2, 0) is 32.5 Å². The van der Waals surface area contributed by atoms with Crippen molar-refractivity contribution < 1.29 is 22.7 Å². The Morgan fingerprint density at radius 3 is 2.54 bits per heavy atom. The Morgan fingerprint density at radius 1 is 1.06 bits per heavy atom. The second kappa shape index (κ2) is 10.6. The Labute approximate surface area is 209 Å². The fraction of sp³-hybridized carbons (Fsp3) is 0.231. The number of rotatable bonds is 7. The molecule has 0 spiro atoms. The summed E-state index contributed by atoms with van der Waals surface area (Å²) in [6, 6.07) is 20.5. The highest BCUT2D eigenvalue weighted by Crippen LogP contribution is 2.28. The van der Waals surface area contributed by atoms with E-state index in [2.05, 4.69) is 4.72 Å². The molecule has 0 aromatic heterocycles. The van der Waals surface area contributed by atoms with Crippen LogP contribution in [0.2, 0.25) is 5.02 Å². The van der Waals surface area contributed by atoms with Crippen LogP contribution in [0, 0.1) is 0 Å². The number of nitrogens with zero attached hydrogens (tertiary/aromatic N) is 1. The third kappa shape index (κ3) is 5.73. The molecule has 1 aliphatic heterocycles. The first-order chi connectivity index (χ1) is 16.8. The van der Waals surface area contributed by atoms with Gasteiger partial charge in [-0.25, -0.2) is 17.9 Å². The van der Waals surface area contributed by atoms with Crippen molar-refractivity contribution >= 4 is 39.2 Å². The van der Waals surface area contributed by atoms with E-state index >= 15 is 0 Å². The lowest BCUT2D eigenvalue weighted by molar-refractivity contribution is -0.126. The molecule has 0 aliphatic carbocycles. The van der Waals surface area contributed by atoms with Crippen LogP contribution in [0.5, 0.6) is 0 Å². The van der Waals surface area contributed by atoms with Crippen LogP contribution in [0.4, 0.5) is 5.69 Å². The van der Waals surface area contributed by atoms with Gasteiger partial charge < -0.3 is 9.64 Å². The minimum absolute atomic E-state index is 0.0202. The van der Waals surface area contributed by atoms with Gasteiger partial charge >= 0.3 is 5.97 Å². The van der Waals surface area contributed by atoms with E-state index in [9.17, 15) is 18.0 Å². The molecule has 1 N–H and O–H groups in total. The number of carbonyl (C=O) groups is 2. The van der Waals surface area contributed by atoms with Gasteiger partial charge in [-0.15, -0.1) is 0 Å². The number of ether oxygens (including phenoxy) is 1. The van der Waals surface area contributed by atoms with E-state index in [1.54, 1.807) is 29.2 Å². The van der Waals surface area contributed by atoms with Crippen molar-refractivity contribution in [2.75, 3.05) is 11.4 Å². The van der Waals surface area contributed by atoms with Gasteiger partial charge in [0, 0.05) is 18.8 Å². The summed E-state index contributed by atoms with van der Waals surface area (Å²) in [5, 5.41) is -0.0313. The minimum Gasteiger partial charge on any atom is -0.449 e. The Hall–Kier alpha value is -3.20. The summed E-state index contributed by atoms with van der Waals surface area (Å²) in [4.78, 5) is 27.2.